The number of likely N-dealkylation sites (tertiary alicyclic amines) is 1. The van der Waals surface area contributed by atoms with Gasteiger partial charge in [-0.3, -0.25) is 4.79 Å². The Bertz CT molecular complexity index is 393. The third-order valence-electron chi connectivity index (χ3n) is 3.99. The molecule has 0 radical (unpaired) electrons. The van der Waals surface area contributed by atoms with Gasteiger partial charge in [0.2, 0.25) is 5.91 Å². The van der Waals surface area contributed by atoms with Crippen molar-refractivity contribution in [2.24, 2.45) is 5.73 Å². The van der Waals surface area contributed by atoms with Gasteiger partial charge in [0.1, 0.15) is 5.60 Å². The van der Waals surface area contributed by atoms with Gasteiger partial charge in [0.05, 0.1) is 0 Å². The van der Waals surface area contributed by atoms with Crippen LogP contribution < -0.4 is 11.1 Å². The van der Waals surface area contributed by atoms with Gasteiger partial charge >= 0.3 is 6.09 Å². The summed E-state index contributed by atoms with van der Waals surface area (Å²) in [5, 5.41) is 3.31. The van der Waals surface area contributed by atoms with Gasteiger partial charge in [-0.25, -0.2) is 4.79 Å². The van der Waals surface area contributed by atoms with E-state index in [4.69, 9.17) is 10.5 Å². The molecule has 0 aromatic carbocycles. The van der Waals surface area contributed by atoms with E-state index in [1.165, 1.54) is 0 Å². The number of hydrogen-bond acceptors (Lipinski definition) is 4. The Morgan fingerprint density at radius 3 is 2.61 bits per heavy atom. The molecule has 0 aromatic heterocycles. The lowest BCUT2D eigenvalue weighted by Crippen LogP contribution is -2.46. The molecule has 1 fully saturated rings. The molecule has 2 unspecified atom stereocenters. The summed E-state index contributed by atoms with van der Waals surface area (Å²) in [5.41, 5.74) is 4.68. The van der Waals surface area contributed by atoms with Gasteiger partial charge in [-0.15, -0.1) is 0 Å². The number of nitrogens with one attached hydrogen (secondary N) is 1. The lowest BCUT2D eigenvalue weighted by molar-refractivity contribution is -0.117. The summed E-state index contributed by atoms with van der Waals surface area (Å²) in [7, 11) is 0. The van der Waals surface area contributed by atoms with Gasteiger partial charge in [-0.2, -0.15) is 0 Å². The Hall–Kier alpha value is -1.30. The van der Waals surface area contributed by atoms with Crippen LogP contribution in [0.25, 0.3) is 0 Å². The van der Waals surface area contributed by atoms with E-state index in [2.05, 4.69) is 12.2 Å². The van der Waals surface area contributed by atoms with Crippen molar-refractivity contribution >= 4 is 12.0 Å². The predicted molar refractivity (Wildman–Crippen MR) is 91.1 cm³/mol. The fraction of sp³-hybridized carbons (Fsp3) is 0.882. The Kier molecular flexibility index (Phi) is 7.82. The highest BCUT2D eigenvalue weighted by Gasteiger charge is 2.30. The number of nitrogens with zero attached hydrogens (tertiary/aromatic N) is 1. The van der Waals surface area contributed by atoms with Crippen LogP contribution in [0, 0.1) is 0 Å². The van der Waals surface area contributed by atoms with E-state index >= 15 is 0 Å². The van der Waals surface area contributed by atoms with Crippen LogP contribution in [0.2, 0.25) is 0 Å². The number of carbonyl (C=O) groups excluding carboxylic acids is 2. The fourth-order valence-electron chi connectivity index (χ4n) is 2.92. The first kappa shape index (κ1) is 19.7. The van der Waals surface area contributed by atoms with E-state index in [0.717, 1.165) is 38.6 Å². The van der Waals surface area contributed by atoms with Crippen molar-refractivity contribution < 1.29 is 14.3 Å². The average Bonchev–Trinajstić information content (AvgIpc) is 2.61. The molecule has 3 N–H and O–H groups in total. The Labute approximate surface area is 140 Å². The highest BCUT2D eigenvalue weighted by Crippen LogP contribution is 2.23. The SMILES string of the molecule is CC(CC1CCCCCN1C(=O)OC(C)(C)C)NCCC(N)=O. The van der Waals surface area contributed by atoms with Crippen molar-refractivity contribution in [3.63, 3.8) is 0 Å². The monoisotopic (exact) mass is 327 g/mol. The molecule has 134 valence electrons. The van der Waals surface area contributed by atoms with E-state index in [-0.39, 0.29) is 24.1 Å². The number of carbonyl (C=O) groups is 2. The first-order valence-corrected chi connectivity index (χ1v) is 8.70. The molecule has 1 rings (SSSR count). The number of nitrogens with two attached hydrogens (primary N) is 1. The molecular weight excluding hydrogens is 294 g/mol. The van der Waals surface area contributed by atoms with Gasteiger partial charge < -0.3 is 20.7 Å². The second kappa shape index (κ2) is 9.11. The second-order valence-corrected chi connectivity index (χ2v) is 7.48. The molecular formula is C17H33N3O3. The number of amides is 2. The van der Waals surface area contributed by atoms with Crippen LogP contribution in [-0.2, 0) is 9.53 Å². The third kappa shape index (κ3) is 8.21. The Morgan fingerprint density at radius 1 is 1.30 bits per heavy atom. The number of rotatable bonds is 6. The lowest BCUT2D eigenvalue weighted by Gasteiger charge is -2.33. The average molecular weight is 327 g/mol. The summed E-state index contributed by atoms with van der Waals surface area (Å²) in [6, 6.07) is 0.408. The van der Waals surface area contributed by atoms with Crippen LogP contribution in [-0.4, -0.2) is 47.7 Å². The first-order valence-electron chi connectivity index (χ1n) is 8.70. The highest BCUT2D eigenvalue weighted by molar-refractivity contribution is 5.73. The molecule has 0 aliphatic carbocycles. The minimum atomic E-state index is -0.473. The first-order chi connectivity index (χ1) is 10.7. The normalized spacial score (nSPS) is 20.7. The molecule has 6 nitrogen and oxygen atoms in total. The zero-order valence-corrected chi connectivity index (χ0v) is 15.1. The molecule has 2 atom stereocenters. The summed E-state index contributed by atoms with van der Waals surface area (Å²) in [4.78, 5) is 25.2. The topological polar surface area (TPSA) is 84.7 Å². The summed E-state index contributed by atoms with van der Waals surface area (Å²) >= 11 is 0. The Balaban J connectivity index is 2.59. The molecule has 0 saturated carbocycles. The molecule has 0 spiro atoms. The van der Waals surface area contributed by atoms with Crippen LogP contribution in [0.3, 0.4) is 0 Å². The smallest absolute Gasteiger partial charge is 0.410 e. The van der Waals surface area contributed by atoms with E-state index in [1.807, 2.05) is 25.7 Å². The summed E-state index contributed by atoms with van der Waals surface area (Å²) in [5.74, 6) is -0.297. The van der Waals surface area contributed by atoms with Crippen molar-refractivity contribution in [2.45, 2.75) is 83.9 Å². The van der Waals surface area contributed by atoms with Crippen LogP contribution in [0.4, 0.5) is 4.79 Å². The number of ether oxygens (including phenoxy) is 1. The van der Waals surface area contributed by atoms with E-state index in [9.17, 15) is 9.59 Å². The molecule has 1 heterocycles. The largest absolute Gasteiger partial charge is 0.444 e. The number of primary amides is 1. The van der Waals surface area contributed by atoms with Crippen molar-refractivity contribution in [3.05, 3.63) is 0 Å². The summed E-state index contributed by atoms with van der Waals surface area (Å²) in [6.07, 6.45) is 5.30. The molecule has 23 heavy (non-hydrogen) atoms. The van der Waals surface area contributed by atoms with Gasteiger partial charge in [0.25, 0.3) is 0 Å². The maximum atomic E-state index is 12.5. The Morgan fingerprint density at radius 2 is 2.00 bits per heavy atom. The van der Waals surface area contributed by atoms with Crippen molar-refractivity contribution in [1.29, 1.82) is 0 Å². The molecule has 0 aromatic rings. The minimum Gasteiger partial charge on any atom is -0.444 e. The van der Waals surface area contributed by atoms with Crippen LogP contribution >= 0.6 is 0 Å². The van der Waals surface area contributed by atoms with Crippen molar-refractivity contribution in [1.82, 2.24) is 10.2 Å². The molecule has 1 aliphatic heterocycles. The zero-order chi connectivity index (χ0) is 17.5. The molecule has 1 saturated heterocycles. The van der Waals surface area contributed by atoms with Gasteiger partial charge in [0, 0.05) is 31.6 Å². The molecule has 2 amide bonds. The minimum absolute atomic E-state index is 0.184. The highest BCUT2D eigenvalue weighted by atomic mass is 16.6. The predicted octanol–water partition coefficient (Wildman–Crippen LogP) is 2.41. The molecule has 0 bridgehead atoms. The van der Waals surface area contributed by atoms with Crippen molar-refractivity contribution in [3.8, 4) is 0 Å². The maximum absolute atomic E-state index is 12.5. The molecule has 1 aliphatic rings. The van der Waals surface area contributed by atoms with E-state index < -0.39 is 5.60 Å². The van der Waals surface area contributed by atoms with E-state index in [0.29, 0.717) is 13.0 Å². The third-order valence-corrected chi connectivity index (χ3v) is 3.99. The second-order valence-electron chi connectivity index (χ2n) is 7.48. The van der Waals surface area contributed by atoms with E-state index in [1.54, 1.807) is 0 Å². The van der Waals surface area contributed by atoms with Gasteiger partial charge in [0.15, 0.2) is 0 Å². The van der Waals surface area contributed by atoms with Crippen LogP contribution in [0.15, 0.2) is 0 Å². The molecule has 6 heteroatoms. The quantitative estimate of drug-likeness (QED) is 0.784. The fourth-order valence-corrected chi connectivity index (χ4v) is 2.92. The number of hydrogen-bond donors (Lipinski definition) is 2. The van der Waals surface area contributed by atoms with Gasteiger partial charge in [-0.1, -0.05) is 12.8 Å². The van der Waals surface area contributed by atoms with Gasteiger partial charge in [-0.05, 0) is 47.0 Å². The van der Waals surface area contributed by atoms with Crippen LogP contribution in [0.5, 0.6) is 0 Å². The van der Waals surface area contributed by atoms with Crippen LogP contribution in [0.1, 0.15) is 66.2 Å². The lowest BCUT2D eigenvalue weighted by atomic mass is 10.0. The summed E-state index contributed by atoms with van der Waals surface area (Å²) in [6.45, 7) is 9.10. The zero-order valence-electron chi connectivity index (χ0n) is 15.1. The summed E-state index contributed by atoms with van der Waals surface area (Å²) < 4.78 is 5.56. The maximum Gasteiger partial charge on any atom is 0.410 e. The standard InChI is InChI=1S/C17H33N3O3/c1-13(19-10-9-15(18)21)12-14-8-6-5-7-11-20(14)16(22)23-17(2,3)4/h13-14,19H,5-12H2,1-4H3,(H2,18,21). The van der Waals surface area contributed by atoms with Crippen molar-refractivity contribution in [2.75, 3.05) is 13.1 Å².